The fraction of sp³-hybridized carbons (Fsp3) is 0. The third-order valence-corrected chi connectivity index (χ3v) is 1.80. The fourth-order valence-corrected chi connectivity index (χ4v) is 1.20. The summed E-state index contributed by atoms with van der Waals surface area (Å²) >= 11 is 1.46. The maximum atomic E-state index is 3.98. The second-order valence-corrected chi connectivity index (χ2v) is 2.57. The number of rotatable bonds is 0. The van der Waals surface area contributed by atoms with Gasteiger partial charge in [-0.05, 0) is 11.9 Å². The van der Waals surface area contributed by atoms with Crippen LogP contribution in [0.5, 0.6) is 0 Å². The van der Waals surface area contributed by atoms with Crippen molar-refractivity contribution in [2.45, 2.75) is 4.90 Å². The lowest BCUT2D eigenvalue weighted by molar-refractivity contribution is 1.07. The maximum Gasteiger partial charge on any atom is 0.172 e. The van der Waals surface area contributed by atoms with Gasteiger partial charge in [-0.25, -0.2) is 15.0 Å². The first kappa shape index (κ1) is 5.67. The number of nitrogens with zero attached hydrogens (tertiary/aromatic N) is 3. The van der Waals surface area contributed by atoms with Crippen LogP contribution in [0.1, 0.15) is 0 Å². The smallest absolute Gasteiger partial charge is 0.172 e. The van der Waals surface area contributed by atoms with Gasteiger partial charge < -0.3 is 4.72 Å². The number of hydrogen-bond acceptors (Lipinski definition) is 5. The Morgan fingerprint density at radius 2 is 2.50 bits per heavy atom. The summed E-state index contributed by atoms with van der Waals surface area (Å²) in [5, 5.41) is 0. The maximum absolute atomic E-state index is 3.98. The predicted molar refractivity (Wildman–Crippen MR) is 39.2 cm³/mol. The van der Waals surface area contributed by atoms with Crippen molar-refractivity contribution in [1.82, 2.24) is 14.7 Å². The van der Waals surface area contributed by atoms with Gasteiger partial charge >= 0.3 is 0 Å². The highest BCUT2D eigenvalue weighted by Crippen LogP contribution is 2.25. The van der Waals surface area contributed by atoms with E-state index >= 15 is 0 Å². The Morgan fingerprint density at radius 3 is 3.40 bits per heavy atom. The molecule has 0 aliphatic carbocycles. The van der Waals surface area contributed by atoms with Gasteiger partial charge in [0.15, 0.2) is 5.82 Å². The topological polar surface area (TPSA) is 50.2 Å². The van der Waals surface area contributed by atoms with Gasteiger partial charge in [-0.1, -0.05) is 0 Å². The molecule has 1 aromatic heterocycles. The zero-order chi connectivity index (χ0) is 6.81. The Balaban J connectivity index is 2.54. The highest BCUT2D eigenvalue weighted by molar-refractivity contribution is 7.98. The van der Waals surface area contributed by atoms with Crippen LogP contribution in [0, 0.1) is 0 Å². The number of aromatic nitrogens is 2. The Bertz CT molecular complexity index is 272. The van der Waals surface area contributed by atoms with Crippen LogP contribution in [0.25, 0.3) is 0 Å². The van der Waals surface area contributed by atoms with Gasteiger partial charge in [0.05, 0.1) is 4.90 Å². The monoisotopic (exact) mass is 152 g/mol. The van der Waals surface area contributed by atoms with E-state index in [2.05, 4.69) is 19.7 Å². The van der Waals surface area contributed by atoms with Crippen molar-refractivity contribution in [3.8, 4) is 0 Å². The van der Waals surface area contributed by atoms with Crippen LogP contribution in [0.4, 0.5) is 5.82 Å². The molecular formula is C5H4N4S. The van der Waals surface area contributed by atoms with E-state index in [0.29, 0.717) is 0 Å². The summed E-state index contributed by atoms with van der Waals surface area (Å²) in [6, 6.07) is 0. The molecule has 1 aliphatic heterocycles. The van der Waals surface area contributed by atoms with Gasteiger partial charge in [0.2, 0.25) is 0 Å². The van der Waals surface area contributed by atoms with E-state index in [-0.39, 0.29) is 0 Å². The molecule has 0 saturated heterocycles. The van der Waals surface area contributed by atoms with E-state index in [0.717, 1.165) is 10.7 Å². The van der Waals surface area contributed by atoms with Crippen LogP contribution >= 0.6 is 11.9 Å². The Morgan fingerprint density at radius 1 is 1.50 bits per heavy atom. The molecule has 0 radical (unpaired) electrons. The molecule has 0 spiro atoms. The fourth-order valence-electron chi connectivity index (χ4n) is 0.657. The Labute approximate surface area is 61.9 Å². The van der Waals surface area contributed by atoms with Crippen LogP contribution < -0.4 is 4.72 Å². The molecule has 1 N–H and O–H groups in total. The molecule has 4 nitrogen and oxygen atoms in total. The first-order chi connectivity index (χ1) is 4.97. The van der Waals surface area contributed by atoms with E-state index in [9.17, 15) is 0 Å². The van der Waals surface area contributed by atoms with Gasteiger partial charge in [0, 0.05) is 6.20 Å². The summed E-state index contributed by atoms with van der Waals surface area (Å²) in [6.45, 7) is 0. The lowest BCUT2D eigenvalue weighted by Gasteiger charge is -2.05. The van der Waals surface area contributed by atoms with Gasteiger partial charge in [-0.3, -0.25) is 0 Å². The SMILES string of the molecule is C1=Nc2ncncc2SN1. The van der Waals surface area contributed by atoms with E-state index in [1.165, 1.54) is 18.3 Å². The quantitative estimate of drug-likeness (QED) is 0.557. The summed E-state index contributed by atoms with van der Waals surface area (Å²) in [6.07, 6.45) is 4.83. The Kier molecular flexibility index (Phi) is 1.28. The largest absolute Gasteiger partial charge is 0.316 e. The van der Waals surface area contributed by atoms with Gasteiger partial charge in [-0.2, -0.15) is 0 Å². The normalized spacial score (nSPS) is 14.0. The highest BCUT2D eigenvalue weighted by Gasteiger charge is 2.04. The van der Waals surface area contributed by atoms with Gasteiger partial charge in [0.1, 0.15) is 12.7 Å². The van der Waals surface area contributed by atoms with Crippen LogP contribution in [0.15, 0.2) is 22.4 Å². The van der Waals surface area contributed by atoms with E-state index in [1.807, 2.05) is 0 Å². The summed E-state index contributed by atoms with van der Waals surface area (Å²) in [5.41, 5.74) is 0. The predicted octanol–water partition coefficient (Wildman–Crippen LogP) is 0.747. The number of hydrogen-bond donors (Lipinski definition) is 1. The number of aliphatic imine (C=N–C) groups is 1. The van der Waals surface area contributed by atoms with Crippen LogP contribution in [0.2, 0.25) is 0 Å². The van der Waals surface area contributed by atoms with Crippen molar-refractivity contribution in [3.63, 3.8) is 0 Å². The van der Waals surface area contributed by atoms with E-state index in [1.54, 1.807) is 12.5 Å². The Hall–Kier alpha value is -1.10. The molecule has 0 bridgehead atoms. The lowest BCUT2D eigenvalue weighted by atomic mass is 10.6. The summed E-state index contributed by atoms with van der Waals surface area (Å²) in [4.78, 5) is 12.7. The van der Waals surface area contributed by atoms with Crippen LogP contribution in [0.3, 0.4) is 0 Å². The van der Waals surface area contributed by atoms with Crippen molar-refractivity contribution in [1.29, 1.82) is 0 Å². The first-order valence-electron chi connectivity index (χ1n) is 2.72. The van der Waals surface area contributed by atoms with Crippen molar-refractivity contribution in [3.05, 3.63) is 12.5 Å². The second kappa shape index (κ2) is 2.26. The van der Waals surface area contributed by atoms with E-state index in [4.69, 9.17) is 0 Å². The molecule has 0 aromatic carbocycles. The molecule has 0 unspecified atom stereocenters. The van der Waals surface area contributed by atoms with Crippen LogP contribution in [-0.4, -0.2) is 16.3 Å². The third-order valence-electron chi connectivity index (χ3n) is 1.07. The third kappa shape index (κ3) is 0.841. The standard InChI is InChI=1S/C5H4N4S/c1-4-5(7-2-6-1)8-3-9-10-4/h1-3H,(H,6,7,8,9). The zero-order valence-corrected chi connectivity index (χ0v) is 5.80. The molecule has 1 aromatic rings. The van der Waals surface area contributed by atoms with Crippen molar-refractivity contribution in [2.75, 3.05) is 0 Å². The first-order valence-corrected chi connectivity index (χ1v) is 3.53. The molecule has 10 heavy (non-hydrogen) atoms. The molecular weight excluding hydrogens is 148 g/mol. The average molecular weight is 152 g/mol. The summed E-state index contributed by atoms with van der Waals surface area (Å²) < 4.78 is 2.89. The molecule has 50 valence electrons. The molecule has 0 atom stereocenters. The highest BCUT2D eigenvalue weighted by atomic mass is 32.2. The molecule has 2 rings (SSSR count). The van der Waals surface area contributed by atoms with Crippen molar-refractivity contribution in [2.24, 2.45) is 4.99 Å². The molecule has 0 saturated carbocycles. The summed E-state index contributed by atoms with van der Waals surface area (Å²) in [7, 11) is 0. The van der Waals surface area contributed by atoms with Gasteiger partial charge in [0.25, 0.3) is 0 Å². The van der Waals surface area contributed by atoms with Crippen molar-refractivity contribution >= 4 is 24.1 Å². The lowest BCUT2D eigenvalue weighted by Crippen LogP contribution is -2.03. The van der Waals surface area contributed by atoms with Crippen molar-refractivity contribution < 1.29 is 0 Å². The second-order valence-electron chi connectivity index (χ2n) is 1.69. The zero-order valence-electron chi connectivity index (χ0n) is 4.98. The molecule has 2 heterocycles. The molecule has 0 fully saturated rings. The number of nitrogens with one attached hydrogen (secondary N) is 1. The molecule has 0 amide bonds. The number of fused-ring (bicyclic) bond motifs is 1. The summed E-state index contributed by atoms with van der Waals surface area (Å²) in [5.74, 6) is 0.735. The van der Waals surface area contributed by atoms with E-state index < -0.39 is 0 Å². The average Bonchev–Trinajstić information content (AvgIpc) is 2.05. The minimum atomic E-state index is 0.735. The molecule has 1 aliphatic rings. The van der Waals surface area contributed by atoms with Crippen LogP contribution in [-0.2, 0) is 0 Å². The minimum absolute atomic E-state index is 0.735. The minimum Gasteiger partial charge on any atom is -0.316 e. The van der Waals surface area contributed by atoms with Gasteiger partial charge in [-0.15, -0.1) is 0 Å². The molecule has 5 heteroatoms.